The number of rotatable bonds is 5. The molecule has 0 radical (unpaired) electrons. The third-order valence-corrected chi connectivity index (χ3v) is 1.09. The van der Waals surface area contributed by atoms with Crippen molar-refractivity contribution in [3.8, 4) is 0 Å². The third kappa shape index (κ3) is 6.29. The zero-order chi connectivity index (χ0) is 8.69. The molecule has 0 aromatic carbocycles. The van der Waals surface area contributed by atoms with Gasteiger partial charge in [-0.2, -0.15) is 0 Å². The number of hydrogen-bond acceptors (Lipinski definition) is 5. The standard InChI is InChI=1S/C5H10NO4.Cr/c6-1-5(9)10-3-4(8)2-7;/h4,6-8H,1-3H2;/q-1;+1. The molecule has 0 amide bonds. The van der Waals surface area contributed by atoms with Crippen LogP contribution in [0.1, 0.15) is 0 Å². The van der Waals surface area contributed by atoms with Crippen molar-refractivity contribution in [3.05, 3.63) is 0 Å². The van der Waals surface area contributed by atoms with E-state index in [1.54, 1.807) is 0 Å². The van der Waals surface area contributed by atoms with Crippen LogP contribution < -0.4 is 4.30 Å². The first-order valence-electron chi connectivity index (χ1n) is 3.00. The summed E-state index contributed by atoms with van der Waals surface area (Å²) in [6.45, 7) is -0.520. The molecule has 0 fully saturated rings. The van der Waals surface area contributed by atoms with Gasteiger partial charge in [0.25, 0.3) is 0 Å². The predicted octanol–water partition coefficient (Wildman–Crippen LogP) is -2.07. The maximum atomic E-state index is 10.6. The Balaban J connectivity index is 3.30. The van der Waals surface area contributed by atoms with E-state index in [-0.39, 0.29) is 13.2 Å². The fourth-order valence-electron chi connectivity index (χ4n) is 0.352. The summed E-state index contributed by atoms with van der Waals surface area (Å²) in [4.78, 5) is 10.6. The molecule has 0 spiro atoms. The summed E-state index contributed by atoms with van der Waals surface area (Å²) in [5.41, 5.74) is 0. The number of aliphatic hydroxyl groups is 2. The van der Waals surface area contributed by atoms with E-state index in [1.807, 2.05) is 0 Å². The Kier molecular flexibility index (Phi) is 6.51. The van der Waals surface area contributed by atoms with Gasteiger partial charge in [0.1, 0.15) is 0 Å². The molecule has 1 atom stereocenters. The van der Waals surface area contributed by atoms with Crippen LogP contribution in [0.2, 0.25) is 0 Å². The van der Waals surface area contributed by atoms with Gasteiger partial charge in [-0.25, -0.2) is 0 Å². The molecule has 11 heavy (non-hydrogen) atoms. The number of ether oxygens (including phenoxy) is 1. The molecule has 0 aliphatic rings. The van der Waals surface area contributed by atoms with Crippen molar-refractivity contribution in [1.82, 2.24) is 4.30 Å². The van der Waals surface area contributed by atoms with Crippen molar-refractivity contribution in [1.29, 1.82) is 0 Å². The second kappa shape index (κ2) is 6.58. The van der Waals surface area contributed by atoms with Crippen LogP contribution in [0.25, 0.3) is 0 Å². The molecule has 0 aromatic rings. The zero-order valence-corrected chi connectivity index (χ0v) is 7.09. The van der Waals surface area contributed by atoms with Gasteiger partial charge in [0.2, 0.25) is 0 Å². The number of hydrogen-bond donors (Lipinski definition) is 3. The molecular formula is C5H10CrNO4. The Morgan fingerprint density at radius 2 is 2.36 bits per heavy atom. The maximum absolute atomic E-state index is 10.6. The van der Waals surface area contributed by atoms with Crippen LogP contribution in [0, 0.1) is 0 Å². The van der Waals surface area contributed by atoms with E-state index in [0.717, 1.165) is 0 Å². The van der Waals surface area contributed by atoms with Crippen LogP contribution in [0.3, 0.4) is 0 Å². The average Bonchev–Trinajstić information content (AvgIpc) is 2.01. The van der Waals surface area contributed by atoms with Gasteiger partial charge in [-0.1, -0.05) is 0 Å². The quantitative estimate of drug-likeness (QED) is 0.444. The number of esters is 1. The zero-order valence-electron chi connectivity index (χ0n) is 5.82. The Morgan fingerprint density at radius 1 is 1.73 bits per heavy atom. The van der Waals surface area contributed by atoms with Crippen molar-refractivity contribution in [3.63, 3.8) is 0 Å². The molecule has 65 valence electrons. The van der Waals surface area contributed by atoms with Crippen molar-refractivity contribution in [2.75, 3.05) is 19.8 Å². The Morgan fingerprint density at radius 3 is 2.82 bits per heavy atom. The summed E-state index contributed by atoms with van der Waals surface area (Å²) in [5, 5.41) is 17.0. The van der Waals surface area contributed by atoms with Crippen molar-refractivity contribution in [2.24, 2.45) is 0 Å². The molecule has 1 unspecified atom stereocenters. The summed E-state index contributed by atoms with van der Waals surface area (Å²) in [7, 11) is 0. The molecule has 0 saturated carbocycles. The molecule has 0 aromatic heterocycles. The summed E-state index contributed by atoms with van der Waals surface area (Å²) in [6, 6.07) is 0. The van der Waals surface area contributed by atoms with Gasteiger partial charge in [-0.3, -0.25) is 0 Å². The number of carbonyl (C=O) groups is 1. The molecule has 0 saturated heterocycles. The van der Waals surface area contributed by atoms with E-state index >= 15 is 0 Å². The minimum atomic E-state index is -0.986. The van der Waals surface area contributed by atoms with E-state index < -0.39 is 18.7 Å². The fraction of sp³-hybridized carbons (Fsp3) is 0.800. The monoisotopic (exact) mass is 200 g/mol. The molecule has 0 rings (SSSR count). The molecule has 0 aliphatic carbocycles. The predicted molar refractivity (Wildman–Crippen MR) is 32.1 cm³/mol. The first-order valence-corrected chi connectivity index (χ1v) is 3.64. The molecule has 6 heteroatoms. The summed E-state index contributed by atoms with van der Waals surface area (Å²) in [5.74, 6) is -0.476. The second-order valence-corrected chi connectivity index (χ2v) is 2.29. The van der Waals surface area contributed by atoms with Crippen molar-refractivity contribution in [2.45, 2.75) is 6.10 Å². The topological polar surface area (TPSA) is 78.8 Å². The van der Waals surface area contributed by atoms with Gasteiger partial charge < -0.3 is 0 Å². The van der Waals surface area contributed by atoms with E-state index in [1.165, 1.54) is 0 Å². The molecule has 5 nitrogen and oxygen atoms in total. The average molecular weight is 200 g/mol. The van der Waals surface area contributed by atoms with E-state index in [4.69, 9.17) is 10.2 Å². The van der Waals surface area contributed by atoms with Gasteiger partial charge in [0, 0.05) is 0 Å². The van der Waals surface area contributed by atoms with Crippen LogP contribution in [-0.2, 0) is 26.0 Å². The Bertz CT molecular complexity index is 121. The molecular weight excluding hydrogens is 190 g/mol. The van der Waals surface area contributed by atoms with Crippen LogP contribution in [0.4, 0.5) is 0 Å². The SMILES string of the molecule is O=C(C[NH][Cr])OCC(O)CO. The van der Waals surface area contributed by atoms with Crippen molar-refractivity contribution < 1.29 is 36.3 Å². The first-order chi connectivity index (χ1) is 5.20. The van der Waals surface area contributed by atoms with E-state index in [0.29, 0.717) is 0 Å². The van der Waals surface area contributed by atoms with Gasteiger partial charge in [0.15, 0.2) is 0 Å². The molecule has 0 aliphatic heterocycles. The summed E-state index contributed by atoms with van der Waals surface area (Å²) in [6.07, 6.45) is -0.986. The Hall–Kier alpha value is -0.118. The number of aliphatic hydroxyl groups excluding tert-OH is 2. The third-order valence-electron chi connectivity index (χ3n) is 0.864. The fourth-order valence-corrected chi connectivity index (χ4v) is 0.536. The molecule has 0 bridgehead atoms. The molecule has 0 heterocycles. The van der Waals surface area contributed by atoms with Gasteiger partial charge in [0.05, 0.1) is 0 Å². The van der Waals surface area contributed by atoms with Crippen LogP contribution >= 0.6 is 0 Å². The van der Waals surface area contributed by atoms with E-state index in [9.17, 15) is 4.79 Å². The van der Waals surface area contributed by atoms with Gasteiger partial charge in [-0.15, -0.1) is 0 Å². The number of nitrogens with one attached hydrogen (secondary N) is 1. The van der Waals surface area contributed by atoms with E-state index in [2.05, 4.69) is 25.5 Å². The van der Waals surface area contributed by atoms with Crippen LogP contribution in [0.15, 0.2) is 0 Å². The first kappa shape index (κ1) is 10.9. The van der Waals surface area contributed by atoms with Gasteiger partial charge >= 0.3 is 72.4 Å². The normalized spacial score (nSPS) is 12.5. The van der Waals surface area contributed by atoms with Crippen LogP contribution in [0.5, 0.6) is 0 Å². The minimum absolute atomic E-state index is 0.0537. The summed E-state index contributed by atoms with van der Waals surface area (Å²) >= 11 is 2.41. The molecule has 3 N–H and O–H groups in total. The summed E-state index contributed by atoms with van der Waals surface area (Å²) < 4.78 is 6.97. The van der Waals surface area contributed by atoms with Crippen molar-refractivity contribution >= 4 is 5.97 Å². The Labute approximate surface area is 73.0 Å². The second-order valence-electron chi connectivity index (χ2n) is 1.84. The van der Waals surface area contributed by atoms with Crippen LogP contribution in [-0.4, -0.2) is 42.0 Å². The van der Waals surface area contributed by atoms with Gasteiger partial charge in [-0.05, 0) is 0 Å². The number of carbonyl (C=O) groups excluding carboxylic acids is 1.